The van der Waals surface area contributed by atoms with E-state index in [0.29, 0.717) is 17.1 Å². The van der Waals surface area contributed by atoms with Gasteiger partial charge in [-0.05, 0) is 48.7 Å². The number of hydrogen-bond donors (Lipinski definition) is 1. The predicted octanol–water partition coefficient (Wildman–Crippen LogP) is 4.43. The van der Waals surface area contributed by atoms with Crippen molar-refractivity contribution in [3.05, 3.63) is 78.1 Å². The Kier molecular flexibility index (Phi) is 4.75. The van der Waals surface area contributed by atoms with Gasteiger partial charge >= 0.3 is 0 Å². The summed E-state index contributed by atoms with van der Waals surface area (Å²) in [5, 5.41) is 2.85. The van der Waals surface area contributed by atoms with Gasteiger partial charge in [0.15, 0.2) is 0 Å². The second-order valence-electron chi connectivity index (χ2n) is 6.47. The van der Waals surface area contributed by atoms with E-state index in [2.05, 4.69) is 39.5 Å². The summed E-state index contributed by atoms with van der Waals surface area (Å²) >= 11 is 0. The fourth-order valence-electron chi connectivity index (χ4n) is 3.38. The van der Waals surface area contributed by atoms with Gasteiger partial charge in [0.1, 0.15) is 11.4 Å². The summed E-state index contributed by atoms with van der Waals surface area (Å²) < 4.78 is 5.18. The third kappa shape index (κ3) is 3.62. The smallest absolute Gasteiger partial charge is 0.274 e. The molecule has 1 aromatic heterocycles. The minimum absolute atomic E-state index is 0.242. The summed E-state index contributed by atoms with van der Waals surface area (Å²) in [5.41, 5.74) is 4.63. The molecule has 1 N–H and O–H groups in total. The molecule has 1 aliphatic rings. The number of amides is 1. The molecule has 3 aromatic rings. The van der Waals surface area contributed by atoms with E-state index in [0.717, 1.165) is 25.1 Å². The second-order valence-corrected chi connectivity index (χ2v) is 6.47. The van der Waals surface area contributed by atoms with Gasteiger partial charge in [0.25, 0.3) is 5.91 Å². The van der Waals surface area contributed by atoms with Crippen LogP contribution in [0.25, 0.3) is 0 Å². The van der Waals surface area contributed by atoms with Crippen molar-refractivity contribution in [1.82, 2.24) is 4.98 Å². The summed E-state index contributed by atoms with van der Waals surface area (Å²) in [6, 6.07) is 19.4. The Morgan fingerprint density at radius 3 is 2.81 bits per heavy atom. The van der Waals surface area contributed by atoms with Crippen LogP contribution in [0.3, 0.4) is 0 Å². The number of benzene rings is 2. The predicted molar refractivity (Wildman–Crippen MR) is 107 cm³/mol. The van der Waals surface area contributed by atoms with Crippen molar-refractivity contribution in [1.29, 1.82) is 0 Å². The number of para-hydroxylation sites is 1. The number of aromatic nitrogens is 1. The Morgan fingerprint density at radius 1 is 1.11 bits per heavy atom. The molecule has 2 aromatic carbocycles. The van der Waals surface area contributed by atoms with Gasteiger partial charge in [-0.1, -0.05) is 24.3 Å². The molecule has 136 valence electrons. The van der Waals surface area contributed by atoms with E-state index in [4.69, 9.17) is 4.74 Å². The molecule has 0 radical (unpaired) electrons. The van der Waals surface area contributed by atoms with Crippen LogP contribution in [0.4, 0.5) is 17.1 Å². The van der Waals surface area contributed by atoms with Crippen LogP contribution in [-0.2, 0) is 6.42 Å². The molecule has 0 aliphatic carbocycles. The Labute approximate surface area is 158 Å². The van der Waals surface area contributed by atoms with Crippen molar-refractivity contribution in [2.24, 2.45) is 0 Å². The molecule has 1 amide bonds. The molecule has 5 heteroatoms. The lowest BCUT2D eigenvalue weighted by Gasteiger charge is -2.31. The number of nitrogens with zero attached hydrogens (tertiary/aromatic N) is 2. The first-order chi connectivity index (χ1) is 13.2. The van der Waals surface area contributed by atoms with E-state index in [1.165, 1.54) is 11.3 Å². The maximum Gasteiger partial charge on any atom is 0.274 e. The zero-order valence-electron chi connectivity index (χ0n) is 15.2. The van der Waals surface area contributed by atoms with Gasteiger partial charge in [-0.15, -0.1) is 0 Å². The van der Waals surface area contributed by atoms with Crippen molar-refractivity contribution in [3.63, 3.8) is 0 Å². The van der Waals surface area contributed by atoms with Gasteiger partial charge in [0.2, 0.25) is 0 Å². The number of aryl methyl sites for hydroxylation is 1. The summed E-state index contributed by atoms with van der Waals surface area (Å²) in [5.74, 6) is 0.453. The monoisotopic (exact) mass is 359 g/mol. The molecule has 27 heavy (non-hydrogen) atoms. The Bertz CT molecular complexity index is 954. The van der Waals surface area contributed by atoms with Crippen LogP contribution in [0.5, 0.6) is 5.75 Å². The van der Waals surface area contributed by atoms with Crippen LogP contribution in [0.1, 0.15) is 22.5 Å². The van der Waals surface area contributed by atoms with Crippen molar-refractivity contribution in [3.8, 4) is 5.75 Å². The van der Waals surface area contributed by atoms with Gasteiger partial charge in [0, 0.05) is 24.0 Å². The molecule has 0 saturated heterocycles. The van der Waals surface area contributed by atoms with Crippen molar-refractivity contribution in [2.45, 2.75) is 12.8 Å². The van der Waals surface area contributed by atoms with E-state index in [-0.39, 0.29) is 5.91 Å². The van der Waals surface area contributed by atoms with Crippen molar-refractivity contribution >= 4 is 23.0 Å². The SMILES string of the molecule is COc1cccc(NC(=O)c2ccc(N3CCCc4ccccc43)cn2)c1. The molecule has 1 aliphatic heterocycles. The first-order valence-electron chi connectivity index (χ1n) is 9.01. The number of carbonyl (C=O) groups is 1. The molecule has 5 nitrogen and oxygen atoms in total. The summed E-state index contributed by atoms with van der Waals surface area (Å²) in [6.07, 6.45) is 3.97. The highest BCUT2D eigenvalue weighted by molar-refractivity contribution is 6.03. The molecular weight excluding hydrogens is 338 g/mol. The molecule has 2 heterocycles. The molecular formula is C22H21N3O2. The summed E-state index contributed by atoms with van der Waals surface area (Å²) in [4.78, 5) is 19.1. The van der Waals surface area contributed by atoms with Gasteiger partial charge < -0.3 is 15.0 Å². The molecule has 0 atom stereocenters. The van der Waals surface area contributed by atoms with Crippen molar-refractivity contribution < 1.29 is 9.53 Å². The largest absolute Gasteiger partial charge is 0.497 e. The third-order valence-electron chi connectivity index (χ3n) is 4.73. The van der Waals surface area contributed by atoms with Gasteiger partial charge in [-0.2, -0.15) is 0 Å². The van der Waals surface area contributed by atoms with E-state index < -0.39 is 0 Å². The highest BCUT2D eigenvalue weighted by Crippen LogP contribution is 2.32. The molecule has 0 fully saturated rings. The lowest BCUT2D eigenvalue weighted by Crippen LogP contribution is -2.24. The number of hydrogen-bond acceptors (Lipinski definition) is 4. The van der Waals surface area contributed by atoms with Gasteiger partial charge in [-0.3, -0.25) is 4.79 Å². The second kappa shape index (κ2) is 7.50. The minimum atomic E-state index is -0.242. The summed E-state index contributed by atoms with van der Waals surface area (Å²) in [7, 11) is 1.60. The first kappa shape index (κ1) is 17.1. The molecule has 0 bridgehead atoms. The molecule has 4 rings (SSSR count). The normalized spacial score (nSPS) is 13.0. The van der Waals surface area contributed by atoms with Gasteiger partial charge in [0.05, 0.1) is 19.0 Å². The molecule has 0 spiro atoms. The number of anilines is 3. The summed E-state index contributed by atoms with van der Waals surface area (Å²) in [6.45, 7) is 0.952. The Morgan fingerprint density at radius 2 is 2.00 bits per heavy atom. The third-order valence-corrected chi connectivity index (χ3v) is 4.73. The zero-order chi connectivity index (χ0) is 18.6. The lowest BCUT2D eigenvalue weighted by molar-refractivity contribution is 0.102. The number of methoxy groups -OCH3 is 1. The lowest BCUT2D eigenvalue weighted by atomic mass is 10.0. The highest BCUT2D eigenvalue weighted by Gasteiger charge is 2.18. The van der Waals surface area contributed by atoms with Gasteiger partial charge in [-0.25, -0.2) is 4.98 Å². The number of fused-ring (bicyclic) bond motifs is 1. The van der Waals surface area contributed by atoms with Crippen LogP contribution in [0, 0.1) is 0 Å². The number of rotatable bonds is 4. The zero-order valence-corrected chi connectivity index (χ0v) is 15.2. The topological polar surface area (TPSA) is 54.5 Å². The maximum atomic E-state index is 12.5. The quantitative estimate of drug-likeness (QED) is 0.749. The van der Waals surface area contributed by atoms with Crippen LogP contribution in [0.15, 0.2) is 66.9 Å². The minimum Gasteiger partial charge on any atom is -0.497 e. The van der Waals surface area contributed by atoms with E-state index >= 15 is 0 Å². The van der Waals surface area contributed by atoms with Crippen LogP contribution in [0.2, 0.25) is 0 Å². The average Bonchev–Trinajstić information content (AvgIpc) is 2.73. The molecule has 0 unspecified atom stereocenters. The molecule has 0 saturated carbocycles. The van der Waals surface area contributed by atoms with Crippen LogP contribution >= 0.6 is 0 Å². The van der Waals surface area contributed by atoms with E-state index in [1.54, 1.807) is 25.4 Å². The number of carbonyl (C=O) groups excluding carboxylic acids is 1. The van der Waals surface area contributed by atoms with Crippen LogP contribution in [-0.4, -0.2) is 24.5 Å². The maximum absolute atomic E-state index is 12.5. The van der Waals surface area contributed by atoms with Crippen molar-refractivity contribution in [2.75, 3.05) is 23.9 Å². The standard InChI is InChI=1S/C22H21N3O2/c1-27-19-9-4-8-17(14-19)24-22(26)20-12-11-18(15-23-20)25-13-5-7-16-6-2-3-10-21(16)25/h2-4,6,8-12,14-15H,5,7,13H2,1H3,(H,24,26). The fraction of sp³-hybridized carbons (Fsp3) is 0.182. The fourth-order valence-corrected chi connectivity index (χ4v) is 3.38. The first-order valence-corrected chi connectivity index (χ1v) is 9.01. The van der Waals surface area contributed by atoms with E-state index in [9.17, 15) is 4.79 Å². The Balaban J connectivity index is 1.52. The van der Waals surface area contributed by atoms with E-state index in [1.807, 2.05) is 24.3 Å². The number of ether oxygens (including phenoxy) is 1. The average molecular weight is 359 g/mol. The number of pyridine rings is 1. The Hall–Kier alpha value is -3.34. The number of nitrogens with one attached hydrogen (secondary N) is 1. The highest BCUT2D eigenvalue weighted by atomic mass is 16.5. The van der Waals surface area contributed by atoms with Crippen LogP contribution < -0.4 is 15.0 Å².